The minimum absolute atomic E-state index is 0.176. The molecule has 5 rings (SSSR count). The van der Waals surface area contributed by atoms with Crippen LogP contribution in [0.2, 0.25) is 5.02 Å². The monoisotopic (exact) mass is 494 g/mol. The second kappa shape index (κ2) is 9.55. The number of halogens is 1. The number of nitrogens with one attached hydrogen (secondary N) is 2. The van der Waals surface area contributed by atoms with Crippen molar-refractivity contribution in [3.8, 4) is 0 Å². The Morgan fingerprint density at radius 2 is 1.83 bits per heavy atom. The number of nitrogens with zero attached hydrogens (tertiary/aromatic N) is 2. The van der Waals surface area contributed by atoms with Crippen molar-refractivity contribution in [1.29, 1.82) is 0 Å². The van der Waals surface area contributed by atoms with Gasteiger partial charge >= 0.3 is 6.03 Å². The van der Waals surface area contributed by atoms with E-state index in [0.717, 1.165) is 56.1 Å². The van der Waals surface area contributed by atoms with Gasteiger partial charge in [-0.05, 0) is 37.6 Å². The van der Waals surface area contributed by atoms with Crippen LogP contribution in [0, 0.1) is 0 Å². The van der Waals surface area contributed by atoms with Crippen LogP contribution in [0.1, 0.15) is 53.8 Å². The summed E-state index contributed by atoms with van der Waals surface area (Å²) in [7, 11) is 3.84. The molecule has 0 saturated heterocycles. The molecule has 1 aromatic heterocycles. The van der Waals surface area contributed by atoms with Crippen LogP contribution in [0.3, 0.4) is 0 Å². The Morgan fingerprint density at radius 1 is 1.09 bits per heavy atom. The Labute approximate surface area is 210 Å². The van der Waals surface area contributed by atoms with Gasteiger partial charge in [0.05, 0.1) is 16.2 Å². The average molecular weight is 495 g/mol. The van der Waals surface area contributed by atoms with Gasteiger partial charge in [0.2, 0.25) is 0 Å². The van der Waals surface area contributed by atoms with Gasteiger partial charge in [0.25, 0.3) is 5.91 Å². The topological polar surface area (TPSA) is 77.8 Å². The van der Waals surface area contributed by atoms with Crippen LogP contribution < -0.4 is 10.6 Å². The maximum atomic E-state index is 13.3. The molecule has 8 heteroatoms. The summed E-state index contributed by atoms with van der Waals surface area (Å²) in [5.74, 6) is 0.102. The van der Waals surface area contributed by atoms with E-state index in [4.69, 9.17) is 16.0 Å². The van der Waals surface area contributed by atoms with Crippen LogP contribution in [0.15, 0.2) is 46.9 Å². The fourth-order valence-electron chi connectivity index (χ4n) is 5.37. The Morgan fingerprint density at radius 3 is 2.57 bits per heavy atom. The Hall–Kier alpha value is -3.03. The first-order chi connectivity index (χ1) is 16.9. The van der Waals surface area contributed by atoms with Gasteiger partial charge in [0.1, 0.15) is 5.58 Å². The van der Waals surface area contributed by atoms with Crippen molar-refractivity contribution >= 4 is 40.2 Å². The molecule has 0 bridgehead atoms. The molecule has 2 N–H and O–H groups in total. The van der Waals surface area contributed by atoms with Crippen molar-refractivity contribution in [3.63, 3.8) is 0 Å². The quantitative estimate of drug-likeness (QED) is 0.468. The molecule has 0 atom stereocenters. The smallest absolute Gasteiger partial charge is 0.319 e. The fraction of sp³-hybridized carbons (Fsp3) is 0.407. The van der Waals surface area contributed by atoms with Crippen molar-refractivity contribution in [1.82, 2.24) is 15.1 Å². The van der Waals surface area contributed by atoms with Gasteiger partial charge < -0.3 is 24.9 Å². The normalized spacial score (nSPS) is 16.7. The van der Waals surface area contributed by atoms with Gasteiger partial charge in [0.15, 0.2) is 5.76 Å². The Bertz CT molecular complexity index is 1250. The minimum Gasteiger partial charge on any atom is -0.450 e. The van der Waals surface area contributed by atoms with Gasteiger partial charge in [-0.3, -0.25) is 4.79 Å². The largest absolute Gasteiger partial charge is 0.450 e. The number of likely N-dealkylation sites (N-methyl/N-ethyl adjacent to an activating group) is 2. The maximum absolute atomic E-state index is 13.3. The fourth-order valence-corrected chi connectivity index (χ4v) is 5.63. The van der Waals surface area contributed by atoms with E-state index in [0.29, 0.717) is 22.8 Å². The van der Waals surface area contributed by atoms with Crippen LogP contribution in [0.5, 0.6) is 0 Å². The summed E-state index contributed by atoms with van der Waals surface area (Å²) < 4.78 is 6.21. The Balaban J connectivity index is 1.38. The van der Waals surface area contributed by atoms with E-state index in [1.165, 1.54) is 5.56 Å². The third-order valence-corrected chi connectivity index (χ3v) is 7.50. The minimum atomic E-state index is -0.525. The molecule has 35 heavy (non-hydrogen) atoms. The molecule has 0 radical (unpaired) electrons. The number of carbonyl (C=O) groups is 2. The molecule has 184 valence electrons. The van der Waals surface area contributed by atoms with Crippen molar-refractivity contribution < 1.29 is 14.0 Å². The average Bonchev–Trinajstić information content (AvgIpc) is 3.26. The maximum Gasteiger partial charge on any atom is 0.319 e. The third kappa shape index (κ3) is 4.62. The molecule has 1 aliphatic heterocycles. The van der Waals surface area contributed by atoms with Crippen molar-refractivity contribution in [2.45, 2.75) is 44.2 Å². The number of urea groups is 1. The summed E-state index contributed by atoms with van der Waals surface area (Å²) in [6.45, 7) is 2.12. The first-order valence-electron chi connectivity index (χ1n) is 12.2. The summed E-state index contributed by atoms with van der Waals surface area (Å²) in [5, 5.41) is 7.25. The first kappa shape index (κ1) is 23.7. The van der Waals surface area contributed by atoms with E-state index >= 15 is 0 Å². The summed E-state index contributed by atoms with van der Waals surface area (Å²) in [5.41, 5.74) is 2.79. The summed E-state index contributed by atoms with van der Waals surface area (Å²) in [6, 6.07) is 13.6. The van der Waals surface area contributed by atoms with E-state index < -0.39 is 5.54 Å². The SMILES string of the molecule is CN(CCN(C)C(=O)c1cc2cc(Cl)c3c(c2o1)C1(CCCCC1)NC(=O)N3)Cc1ccccc1. The van der Waals surface area contributed by atoms with E-state index in [1.54, 1.807) is 24.1 Å². The van der Waals surface area contributed by atoms with Crippen LogP contribution in [-0.2, 0) is 12.1 Å². The highest BCUT2D eigenvalue weighted by Crippen LogP contribution is 2.49. The van der Waals surface area contributed by atoms with Gasteiger partial charge in [-0.15, -0.1) is 0 Å². The van der Waals surface area contributed by atoms with Crippen LogP contribution in [-0.4, -0.2) is 48.9 Å². The number of fused-ring (bicyclic) bond motifs is 4. The molecule has 7 nitrogen and oxygen atoms in total. The summed E-state index contributed by atoms with van der Waals surface area (Å²) >= 11 is 6.61. The zero-order valence-corrected chi connectivity index (χ0v) is 21.0. The van der Waals surface area contributed by atoms with Crippen molar-refractivity contribution in [2.24, 2.45) is 0 Å². The number of benzene rings is 2. The predicted octanol–water partition coefficient (Wildman–Crippen LogP) is 5.58. The lowest BCUT2D eigenvalue weighted by Gasteiger charge is -2.42. The molecule has 3 amide bonds. The van der Waals surface area contributed by atoms with E-state index in [9.17, 15) is 9.59 Å². The molecule has 1 fully saturated rings. The van der Waals surface area contributed by atoms with Gasteiger partial charge in [0, 0.05) is 37.6 Å². The zero-order valence-electron chi connectivity index (χ0n) is 20.2. The molecule has 2 aliphatic rings. The lowest BCUT2D eigenvalue weighted by molar-refractivity contribution is 0.0752. The van der Waals surface area contributed by atoms with Crippen LogP contribution in [0.25, 0.3) is 11.0 Å². The summed E-state index contributed by atoms with van der Waals surface area (Å²) in [4.78, 5) is 29.6. The highest BCUT2D eigenvalue weighted by Gasteiger charge is 2.44. The number of furan rings is 1. The molecule has 3 aromatic rings. The second-order valence-electron chi connectivity index (χ2n) is 9.81. The number of hydrogen-bond acceptors (Lipinski definition) is 4. The third-order valence-electron chi connectivity index (χ3n) is 7.21. The molecule has 2 heterocycles. The van der Waals surface area contributed by atoms with Crippen LogP contribution >= 0.6 is 11.6 Å². The van der Waals surface area contributed by atoms with Crippen molar-refractivity contribution in [3.05, 3.63) is 64.4 Å². The molecule has 1 saturated carbocycles. The van der Waals surface area contributed by atoms with E-state index in [1.807, 2.05) is 25.2 Å². The van der Waals surface area contributed by atoms with Crippen molar-refractivity contribution in [2.75, 3.05) is 32.5 Å². The lowest BCUT2D eigenvalue weighted by atomic mass is 9.74. The highest BCUT2D eigenvalue weighted by atomic mass is 35.5. The molecule has 1 aliphatic carbocycles. The standard InChI is InChI=1S/C27H31ClN4O3/c1-31(17-18-9-5-3-6-10-18)13-14-32(2)25(33)21-16-19-15-20(28)23-22(24(19)35-21)27(30-26(34)29-23)11-7-4-8-12-27/h3,5-6,9-10,15-16H,4,7-8,11-14,17H2,1-2H3,(H2,29,30,34). The molecular weight excluding hydrogens is 464 g/mol. The van der Waals surface area contributed by atoms with Gasteiger partial charge in [-0.2, -0.15) is 0 Å². The van der Waals surface area contributed by atoms with Gasteiger partial charge in [-0.1, -0.05) is 61.2 Å². The molecular formula is C27H31ClN4O3. The summed E-state index contributed by atoms with van der Waals surface area (Å²) in [6.07, 6.45) is 4.80. The number of anilines is 1. The number of amides is 3. The number of rotatable bonds is 6. The van der Waals surface area contributed by atoms with Gasteiger partial charge in [-0.25, -0.2) is 4.79 Å². The lowest BCUT2D eigenvalue weighted by Crippen LogP contribution is -2.52. The molecule has 0 unspecified atom stereocenters. The molecule has 1 spiro atoms. The first-order valence-corrected chi connectivity index (χ1v) is 12.6. The van der Waals surface area contributed by atoms with E-state index in [2.05, 4.69) is 27.7 Å². The molecule has 2 aromatic carbocycles. The van der Waals surface area contributed by atoms with Crippen LogP contribution in [0.4, 0.5) is 10.5 Å². The highest BCUT2D eigenvalue weighted by molar-refractivity contribution is 6.35. The Kier molecular flexibility index (Phi) is 6.47. The number of carbonyl (C=O) groups excluding carboxylic acids is 2. The zero-order chi connectivity index (χ0) is 24.6. The second-order valence-corrected chi connectivity index (χ2v) is 10.2. The predicted molar refractivity (Wildman–Crippen MR) is 138 cm³/mol. The number of hydrogen-bond donors (Lipinski definition) is 2. The van der Waals surface area contributed by atoms with E-state index in [-0.39, 0.29) is 17.7 Å².